The lowest BCUT2D eigenvalue weighted by Gasteiger charge is -2.40. The van der Waals surface area contributed by atoms with E-state index in [9.17, 15) is 13.6 Å². The SMILES string of the molecule is C=CC(=O)N(C)[C@H]1C[C@H](Oc2nc(-c3cnn(C)c3)cn3ncc(C(F)F)c23)C1. The fourth-order valence-electron chi connectivity index (χ4n) is 3.37. The number of halogens is 2. The van der Waals surface area contributed by atoms with Gasteiger partial charge < -0.3 is 9.64 Å². The van der Waals surface area contributed by atoms with Crippen LogP contribution in [0.25, 0.3) is 16.8 Å². The second kappa shape index (κ2) is 7.26. The number of nitrogens with zero attached hydrogens (tertiary/aromatic N) is 6. The molecule has 0 bridgehead atoms. The van der Waals surface area contributed by atoms with Crippen LogP contribution >= 0.6 is 0 Å². The molecule has 8 nitrogen and oxygen atoms in total. The predicted octanol–water partition coefficient (Wildman–Crippen LogP) is 2.62. The van der Waals surface area contributed by atoms with Crippen LogP contribution in [0.2, 0.25) is 0 Å². The first-order valence-electron chi connectivity index (χ1n) is 9.08. The first-order chi connectivity index (χ1) is 13.9. The molecule has 152 valence electrons. The van der Waals surface area contributed by atoms with Crippen LogP contribution in [-0.4, -0.2) is 54.4 Å². The number of rotatable bonds is 6. The van der Waals surface area contributed by atoms with Crippen molar-refractivity contribution in [3.63, 3.8) is 0 Å². The molecule has 10 heteroatoms. The van der Waals surface area contributed by atoms with Crippen LogP contribution in [0.5, 0.6) is 5.88 Å². The van der Waals surface area contributed by atoms with E-state index in [-0.39, 0.29) is 35.0 Å². The van der Waals surface area contributed by atoms with Crippen LogP contribution < -0.4 is 4.74 Å². The number of alkyl halides is 2. The molecule has 1 aliphatic carbocycles. The number of amides is 1. The molecule has 1 fully saturated rings. The first-order valence-corrected chi connectivity index (χ1v) is 9.08. The van der Waals surface area contributed by atoms with Crippen LogP contribution in [0.3, 0.4) is 0 Å². The topological polar surface area (TPSA) is 77.6 Å². The zero-order valence-corrected chi connectivity index (χ0v) is 16.0. The smallest absolute Gasteiger partial charge is 0.267 e. The van der Waals surface area contributed by atoms with Crippen LogP contribution in [0.4, 0.5) is 8.78 Å². The van der Waals surface area contributed by atoms with Crippen molar-refractivity contribution in [2.75, 3.05) is 7.05 Å². The molecular weight excluding hydrogens is 382 g/mol. The van der Waals surface area contributed by atoms with E-state index in [1.165, 1.54) is 10.6 Å². The van der Waals surface area contributed by atoms with Crippen LogP contribution in [0, 0.1) is 0 Å². The van der Waals surface area contributed by atoms with Crippen molar-refractivity contribution < 1.29 is 18.3 Å². The van der Waals surface area contributed by atoms with E-state index < -0.39 is 6.43 Å². The fourth-order valence-corrected chi connectivity index (χ4v) is 3.37. The van der Waals surface area contributed by atoms with Gasteiger partial charge in [-0.15, -0.1) is 0 Å². The quantitative estimate of drug-likeness (QED) is 0.593. The summed E-state index contributed by atoms with van der Waals surface area (Å²) in [7, 11) is 3.48. The standard InChI is InChI=1S/C19H20F2N6O2/c1-4-16(28)26(3)12-5-13(6-12)29-19-17-14(18(20)21)8-23-27(17)10-15(24-19)11-7-22-25(2)9-11/h4,7-10,12-13,18H,1,5-6H2,2-3H3/t12-,13-. The first kappa shape index (κ1) is 19.0. The van der Waals surface area contributed by atoms with Gasteiger partial charge in [0.2, 0.25) is 11.8 Å². The van der Waals surface area contributed by atoms with Gasteiger partial charge in [0.25, 0.3) is 6.43 Å². The third kappa shape index (κ3) is 3.45. The summed E-state index contributed by atoms with van der Waals surface area (Å²) in [5, 5.41) is 8.17. The molecule has 0 aromatic carbocycles. The van der Waals surface area contributed by atoms with Gasteiger partial charge in [-0.2, -0.15) is 10.2 Å². The van der Waals surface area contributed by atoms with E-state index in [1.54, 1.807) is 42.3 Å². The second-order valence-electron chi connectivity index (χ2n) is 7.05. The van der Waals surface area contributed by atoms with E-state index in [0.717, 1.165) is 11.8 Å². The van der Waals surface area contributed by atoms with Gasteiger partial charge in [-0.1, -0.05) is 6.58 Å². The maximum absolute atomic E-state index is 13.5. The van der Waals surface area contributed by atoms with E-state index in [4.69, 9.17) is 4.74 Å². The maximum atomic E-state index is 13.5. The lowest BCUT2D eigenvalue weighted by Crippen LogP contribution is -2.49. The maximum Gasteiger partial charge on any atom is 0.267 e. The van der Waals surface area contributed by atoms with Crippen LogP contribution in [0.1, 0.15) is 24.8 Å². The monoisotopic (exact) mass is 402 g/mol. The molecule has 1 aliphatic rings. The number of ether oxygens (including phenoxy) is 1. The van der Waals surface area contributed by atoms with Crippen molar-refractivity contribution in [3.05, 3.63) is 43.0 Å². The van der Waals surface area contributed by atoms with Gasteiger partial charge in [-0.05, 0) is 6.08 Å². The lowest BCUT2D eigenvalue weighted by molar-refractivity contribution is -0.130. The molecule has 0 aliphatic heterocycles. The summed E-state index contributed by atoms with van der Waals surface area (Å²) < 4.78 is 35.9. The molecule has 1 amide bonds. The summed E-state index contributed by atoms with van der Waals surface area (Å²) in [6.07, 6.45) is 5.59. The molecule has 3 aromatic rings. The number of fused-ring (bicyclic) bond motifs is 1. The van der Waals surface area contributed by atoms with Crippen LogP contribution in [0.15, 0.2) is 37.4 Å². The van der Waals surface area contributed by atoms with Crippen molar-refractivity contribution in [3.8, 4) is 17.1 Å². The number of aryl methyl sites for hydroxylation is 1. The zero-order chi connectivity index (χ0) is 20.7. The van der Waals surface area contributed by atoms with Gasteiger partial charge in [0.1, 0.15) is 11.6 Å². The molecule has 0 N–H and O–H groups in total. The average Bonchev–Trinajstić information content (AvgIpc) is 3.29. The van der Waals surface area contributed by atoms with Crippen LogP contribution in [-0.2, 0) is 11.8 Å². The fraction of sp³-hybridized carbons (Fsp3) is 0.368. The highest BCUT2D eigenvalue weighted by Crippen LogP contribution is 2.35. The molecule has 3 aromatic heterocycles. The Kier molecular flexibility index (Phi) is 4.77. The average molecular weight is 402 g/mol. The Bertz CT molecular complexity index is 1070. The molecule has 0 atom stereocenters. The Labute approximate surface area is 165 Å². The molecule has 0 saturated heterocycles. The molecule has 3 heterocycles. The van der Waals surface area contributed by atoms with E-state index in [0.29, 0.717) is 18.5 Å². The molecule has 1 saturated carbocycles. The van der Waals surface area contributed by atoms with Crippen molar-refractivity contribution in [1.29, 1.82) is 0 Å². The molecular formula is C19H20F2N6O2. The van der Waals surface area contributed by atoms with Crippen molar-refractivity contribution in [2.24, 2.45) is 7.05 Å². The summed E-state index contributed by atoms with van der Waals surface area (Å²) in [5.74, 6) is -0.0661. The highest BCUT2D eigenvalue weighted by Gasteiger charge is 2.36. The van der Waals surface area contributed by atoms with Gasteiger partial charge in [-0.3, -0.25) is 9.48 Å². The van der Waals surface area contributed by atoms with Gasteiger partial charge >= 0.3 is 0 Å². The van der Waals surface area contributed by atoms with Crippen molar-refractivity contribution in [2.45, 2.75) is 31.4 Å². The van der Waals surface area contributed by atoms with Gasteiger partial charge in [0.05, 0.1) is 29.8 Å². The predicted molar refractivity (Wildman–Crippen MR) is 101 cm³/mol. The Morgan fingerprint density at radius 1 is 1.34 bits per heavy atom. The summed E-state index contributed by atoms with van der Waals surface area (Å²) >= 11 is 0. The number of aromatic nitrogens is 5. The molecule has 0 spiro atoms. The number of carbonyl (C=O) groups excluding carboxylic acids is 1. The minimum atomic E-state index is -2.70. The largest absolute Gasteiger partial charge is 0.473 e. The third-order valence-corrected chi connectivity index (χ3v) is 5.15. The van der Waals surface area contributed by atoms with E-state index >= 15 is 0 Å². The molecule has 29 heavy (non-hydrogen) atoms. The van der Waals surface area contributed by atoms with E-state index in [1.807, 2.05) is 0 Å². The minimum Gasteiger partial charge on any atom is -0.473 e. The van der Waals surface area contributed by atoms with E-state index in [2.05, 4.69) is 21.8 Å². The lowest BCUT2D eigenvalue weighted by atomic mass is 9.88. The number of hydrogen-bond donors (Lipinski definition) is 0. The van der Waals surface area contributed by atoms with Gasteiger partial charge in [0, 0.05) is 44.7 Å². The van der Waals surface area contributed by atoms with Crippen molar-refractivity contribution in [1.82, 2.24) is 29.3 Å². The Morgan fingerprint density at radius 2 is 2.10 bits per heavy atom. The minimum absolute atomic E-state index is 0.0162. The van der Waals surface area contributed by atoms with Gasteiger partial charge in [0.15, 0.2) is 0 Å². The molecule has 4 rings (SSSR count). The summed E-state index contributed by atoms with van der Waals surface area (Å²) in [6, 6.07) is 0.0162. The second-order valence-corrected chi connectivity index (χ2v) is 7.05. The zero-order valence-electron chi connectivity index (χ0n) is 16.0. The van der Waals surface area contributed by atoms with Crippen molar-refractivity contribution >= 4 is 11.4 Å². The number of carbonyl (C=O) groups is 1. The summed E-state index contributed by atoms with van der Waals surface area (Å²) in [4.78, 5) is 17.8. The molecule has 0 unspecified atom stereocenters. The molecule has 0 radical (unpaired) electrons. The summed E-state index contributed by atoms with van der Waals surface area (Å²) in [6.45, 7) is 3.48. The third-order valence-electron chi connectivity index (χ3n) is 5.15. The normalized spacial score (nSPS) is 18.7. The highest BCUT2D eigenvalue weighted by molar-refractivity contribution is 5.87. The number of likely N-dealkylation sites (N-methyl/N-ethyl adjacent to an activating group) is 1. The Balaban J connectivity index is 1.64. The van der Waals surface area contributed by atoms with Gasteiger partial charge in [-0.25, -0.2) is 18.3 Å². The number of hydrogen-bond acceptors (Lipinski definition) is 5. The Morgan fingerprint density at radius 3 is 2.72 bits per heavy atom. The highest BCUT2D eigenvalue weighted by atomic mass is 19.3. The Hall–Kier alpha value is -3.30. The summed E-state index contributed by atoms with van der Waals surface area (Å²) in [5.41, 5.74) is 1.14.